The first-order valence-electron chi connectivity index (χ1n) is 12.3. The van der Waals surface area contributed by atoms with Crippen molar-refractivity contribution < 1.29 is 14.6 Å². The highest BCUT2D eigenvalue weighted by Gasteiger charge is 2.48. The highest BCUT2D eigenvalue weighted by Crippen LogP contribution is 2.59. The summed E-state index contributed by atoms with van der Waals surface area (Å²) in [6, 6.07) is 23.2. The number of carboxylic acids is 1. The van der Waals surface area contributed by atoms with Gasteiger partial charge in [0.1, 0.15) is 11.5 Å². The molecule has 0 aliphatic heterocycles. The minimum atomic E-state index is -0.969. The van der Waals surface area contributed by atoms with Crippen molar-refractivity contribution in [3.63, 3.8) is 0 Å². The third-order valence-electron chi connectivity index (χ3n) is 8.08. The number of benzene rings is 3. The quantitative estimate of drug-likeness (QED) is 0.432. The van der Waals surface area contributed by atoms with E-state index in [1.807, 2.05) is 24.3 Å². The highest BCUT2D eigenvalue weighted by atomic mass is 16.5. The lowest BCUT2D eigenvalue weighted by molar-refractivity contribution is -0.00279. The molecule has 1 N–H and O–H groups in total. The molecule has 3 aromatic rings. The van der Waals surface area contributed by atoms with Gasteiger partial charge in [0.05, 0.1) is 5.56 Å². The third-order valence-corrected chi connectivity index (χ3v) is 8.08. The first-order chi connectivity index (χ1) is 16.6. The number of hydrogen-bond acceptors (Lipinski definition) is 2. The lowest BCUT2D eigenvalue weighted by atomic mass is 9.51. The van der Waals surface area contributed by atoms with Crippen LogP contribution in [0, 0.1) is 35.5 Å². The Bertz CT molecular complexity index is 1230. The molecule has 0 atom stereocenters. The average Bonchev–Trinajstić information content (AvgIpc) is 2.84. The monoisotopic (exact) mass is 448 g/mol. The molecule has 0 radical (unpaired) electrons. The summed E-state index contributed by atoms with van der Waals surface area (Å²) in [5.74, 6) is 11.2. The van der Waals surface area contributed by atoms with Crippen molar-refractivity contribution in [3.05, 3.63) is 95.1 Å². The Kier molecular flexibility index (Phi) is 5.38. The standard InChI is InChI=1S/C31H28O3/c32-31(33)29-4-2-1-3-23(29)8-5-20-6-11-27(12-7-20)34-28-13-9-24(10-14-28)30-25-16-21-15-22(18-25)19-26(30)17-21/h1-4,6-7,9-14,21-22,25-26,30H,15-19H2,(H,32,33). The summed E-state index contributed by atoms with van der Waals surface area (Å²) in [5, 5.41) is 9.30. The smallest absolute Gasteiger partial charge is 0.336 e. The zero-order chi connectivity index (χ0) is 23.1. The Morgan fingerprint density at radius 2 is 1.32 bits per heavy atom. The van der Waals surface area contributed by atoms with Crippen LogP contribution in [0.15, 0.2) is 72.8 Å². The molecule has 0 amide bonds. The first kappa shape index (κ1) is 21.1. The maximum absolute atomic E-state index is 11.3. The van der Waals surface area contributed by atoms with Crippen LogP contribution in [0.5, 0.6) is 11.5 Å². The molecule has 4 fully saturated rings. The van der Waals surface area contributed by atoms with Gasteiger partial charge in [-0.3, -0.25) is 0 Å². The molecule has 0 aromatic heterocycles. The Labute approximate surface area is 200 Å². The minimum Gasteiger partial charge on any atom is -0.478 e. The van der Waals surface area contributed by atoms with Gasteiger partial charge >= 0.3 is 5.97 Å². The van der Waals surface area contributed by atoms with E-state index < -0.39 is 5.97 Å². The van der Waals surface area contributed by atoms with E-state index in [9.17, 15) is 9.90 Å². The Balaban J connectivity index is 1.12. The van der Waals surface area contributed by atoms with Crippen LogP contribution in [0.25, 0.3) is 0 Å². The molecule has 0 heterocycles. The SMILES string of the molecule is O=C(O)c1ccccc1C#Cc1ccc(Oc2ccc(C3C4CC5CC(C4)CC3C5)cc2)cc1. The van der Waals surface area contributed by atoms with Gasteiger partial charge in [0, 0.05) is 11.1 Å². The maximum atomic E-state index is 11.3. The number of carboxylic acid groups (broad SMARTS) is 1. The van der Waals surface area contributed by atoms with Crippen molar-refractivity contribution in [2.75, 3.05) is 0 Å². The molecule has 0 saturated heterocycles. The number of carbonyl (C=O) groups is 1. The summed E-state index contributed by atoms with van der Waals surface area (Å²) in [5.41, 5.74) is 3.03. The van der Waals surface area contributed by atoms with E-state index in [1.54, 1.807) is 24.3 Å². The summed E-state index contributed by atoms with van der Waals surface area (Å²) in [6.07, 6.45) is 7.24. The van der Waals surface area contributed by atoms with Gasteiger partial charge in [-0.1, -0.05) is 36.1 Å². The fourth-order valence-electron chi connectivity index (χ4n) is 6.89. The predicted octanol–water partition coefficient (Wildman–Crippen LogP) is 7.12. The van der Waals surface area contributed by atoms with Crippen molar-refractivity contribution in [1.82, 2.24) is 0 Å². The molecule has 170 valence electrons. The van der Waals surface area contributed by atoms with Crippen molar-refractivity contribution in [1.29, 1.82) is 0 Å². The van der Waals surface area contributed by atoms with Crippen LogP contribution < -0.4 is 4.74 Å². The Hall–Kier alpha value is -3.51. The number of aromatic carboxylic acids is 1. The van der Waals surface area contributed by atoms with Gasteiger partial charge in [-0.15, -0.1) is 0 Å². The molecule has 4 saturated carbocycles. The largest absolute Gasteiger partial charge is 0.478 e. The van der Waals surface area contributed by atoms with Crippen molar-refractivity contribution in [2.45, 2.75) is 38.0 Å². The Morgan fingerprint density at radius 3 is 1.94 bits per heavy atom. The van der Waals surface area contributed by atoms with Crippen LogP contribution in [0.2, 0.25) is 0 Å². The van der Waals surface area contributed by atoms with Gasteiger partial charge in [-0.25, -0.2) is 4.79 Å². The molecule has 3 heteroatoms. The molecular weight excluding hydrogens is 420 g/mol. The molecule has 4 bridgehead atoms. The second-order valence-corrected chi connectivity index (χ2v) is 10.3. The fraction of sp³-hybridized carbons (Fsp3) is 0.323. The first-order valence-corrected chi connectivity index (χ1v) is 12.3. The predicted molar refractivity (Wildman–Crippen MR) is 132 cm³/mol. The zero-order valence-corrected chi connectivity index (χ0v) is 19.1. The van der Waals surface area contributed by atoms with E-state index in [1.165, 1.54) is 37.7 Å². The highest BCUT2D eigenvalue weighted by molar-refractivity contribution is 5.90. The van der Waals surface area contributed by atoms with Crippen LogP contribution in [0.4, 0.5) is 0 Å². The van der Waals surface area contributed by atoms with E-state index in [0.717, 1.165) is 46.7 Å². The van der Waals surface area contributed by atoms with Crippen molar-refractivity contribution in [2.24, 2.45) is 23.7 Å². The normalized spacial score (nSPS) is 26.5. The molecule has 0 unspecified atom stereocenters. The lowest BCUT2D eigenvalue weighted by Crippen LogP contribution is -2.43. The van der Waals surface area contributed by atoms with Crippen LogP contribution in [0.3, 0.4) is 0 Å². The Morgan fingerprint density at radius 1 is 0.735 bits per heavy atom. The van der Waals surface area contributed by atoms with E-state index in [4.69, 9.17) is 4.74 Å². The molecule has 3 aromatic carbocycles. The van der Waals surface area contributed by atoms with E-state index >= 15 is 0 Å². The van der Waals surface area contributed by atoms with Crippen LogP contribution in [-0.2, 0) is 0 Å². The number of rotatable bonds is 4. The molecule has 34 heavy (non-hydrogen) atoms. The van der Waals surface area contributed by atoms with Gasteiger partial charge in [0.2, 0.25) is 0 Å². The van der Waals surface area contributed by atoms with Crippen molar-refractivity contribution in [3.8, 4) is 23.3 Å². The minimum absolute atomic E-state index is 0.215. The van der Waals surface area contributed by atoms with Gasteiger partial charge in [0.25, 0.3) is 0 Å². The van der Waals surface area contributed by atoms with Crippen LogP contribution in [-0.4, -0.2) is 11.1 Å². The number of hydrogen-bond donors (Lipinski definition) is 1. The zero-order valence-electron chi connectivity index (χ0n) is 19.1. The molecule has 0 spiro atoms. The van der Waals surface area contributed by atoms with E-state index in [2.05, 4.69) is 36.1 Å². The van der Waals surface area contributed by atoms with E-state index in [0.29, 0.717) is 5.56 Å². The molecule has 3 nitrogen and oxygen atoms in total. The summed E-state index contributed by atoms with van der Waals surface area (Å²) < 4.78 is 6.08. The fourth-order valence-corrected chi connectivity index (χ4v) is 6.89. The molecular formula is C31H28O3. The van der Waals surface area contributed by atoms with Crippen LogP contribution >= 0.6 is 0 Å². The summed E-state index contributed by atoms with van der Waals surface area (Å²) in [4.78, 5) is 11.3. The molecule has 4 aliphatic rings. The average molecular weight is 449 g/mol. The van der Waals surface area contributed by atoms with Crippen molar-refractivity contribution >= 4 is 5.97 Å². The summed E-state index contributed by atoms with van der Waals surface area (Å²) >= 11 is 0. The van der Waals surface area contributed by atoms with Gasteiger partial charge in [0.15, 0.2) is 0 Å². The second-order valence-electron chi connectivity index (χ2n) is 10.3. The molecule has 7 rings (SSSR count). The van der Waals surface area contributed by atoms with E-state index in [-0.39, 0.29) is 5.56 Å². The van der Waals surface area contributed by atoms with Crippen LogP contribution in [0.1, 0.15) is 65.1 Å². The summed E-state index contributed by atoms with van der Waals surface area (Å²) in [6.45, 7) is 0. The number of ether oxygens (including phenoxy) is 1. The maximum Gasteiger partial charge on any atom is 0.336 e. The third kappa shape index (κ3) is 4.10. The van der Waals surface area contributed by atoms with Gasteiger partial charge in [-0.2, -0.15) is 0 Å². The summed E-state index contributed by atoms with van der Waals surface area (Å²) in [7, 11) is 0. The van der Waals surface area contributed by atoms with Gasteiger partial charge in [-0.05, 0) is 116 Å². The van der Waals surface area contributed by atoms with Gasteiger partial charge < -0.3 is 9.84 Å². The lowest BCUT2D eigenvalue weighted by Gasteiger charge is -2.54. The topological polar surface area (TPSA) is 46.5 Å². The molecule has 4 aliphatic carbocycles. The second kappa shape index (κ2) is 8.69.